The van der Waals surface area contributed by atoms with Gasteiger partial charge in [-0.05, 0) is 49.4 Å². The molecule has 2 rings (SSSR count). The predicted molar refractivity (Wildman–Crippen MR) is 114 cm³/mol. The molecular weight excluding hydrogens is 395 g/mol. The molecule has 0 aliphatic carbocycles. The zero-order valence-corrected chi connectivity index (χ0v) is 17.6. The van der Waals surface area contributed by atoms with E-state index in [-0.39, 0.29) is 12.2 Å². The number of Topliss-reactive ketones (excluding diaryl/α,β-unsaturated/α-hetero) is 1. The van der Waals surface area contributed by atoms with Crippen molar-refractivity contribution in [3.8, 4) is 0 Å². The number of ketones is 1. The number of aliphatic carboxylic acids is 1. The van der Waals surface area contributed by atoms with Gasteiger partial charge < -0.3 is 5.11 Å². The van der Waals surface area contributed by atoms with Crippen LogP contribution in [0.4, 0.5) is 0 Å². The summed E-state index contributed by atoms with van der Waals surface area (Å²) in [6.45, 7) is 1.63. The maximum absolute atomic E-state index is 12.9. The molecule has 0 aliphatic heterocycles. The van der Waals surface area contributed by atoms with E-state index in [1.807, 2.05) is 30.3 Å². The van der Waals surface area contributed by atoms with Crippen LogP contribution < -0.4 is 0 Å². The average Bonchev–Trinajstić information content (AvgIpc) is 2.66. The van der Waals surface area contributed by atoms with Crippen LogP contribution in [0.2, 0.25) is 10.0 Å². The van der Waals surface area contributed by atoms with Gasteiger partial charge in [0.05, 0.1) is 5.41 Å². The van der Waals surface area contributed by atoms with Crippen LogP contribution in [-0.4, -0.2) is 16.9 Å². The normalized spacial score (nSPS) is 13.1. The lowest BCUT2D eigenvalue weighted by atomic mass is 9.69. The summed E-state index contributed by atoms with van der Waals surface area (Å²) in [4.78, 5) is 23.6. The molecular formula is C23H26Cl2O3. The Bertz CT molecular complexity index is 784. The second kappa shape index (κ2) is 10.6. The molecule has 0 aliphatic rings. The Kier molecular flexibility index (Phi) is 8.53. The molecule has 0 radical (unpaired) electrons. The van der Waals surface area contributed by atoms with Crippen LogP contribution >= 0.6 is 23.2 Å². The molecule has 3 nitrogen and oxygen atoms in total. The molecule has 150 valence electrons. The van der Waals surface area contributed by atoms with Crippen LogP contribution in [0.3, 0.4) is 0 Å². The molecule has 28 heavy (non-hydrogen) atoms. The van der Waals surface area contributed by atoms with E-state index >= 15 is 0 Å². The maximum Gasteiger partial charge on any atom is 0.303 e. The number of hydrogen-bond acceptors (Lipinski definition) is 2. The summed E-state index contributed by atoms with van der Waals surface area (Å²) < 4.78 is 0. The van der Waals surface area contributed by atoms with Crippen molar-refractivity contribution in [3.63, 3.8) is 0 Å². The Labute approximate surface area is 176 Å². The molecule has 1 N–H and O–H groups in total. The van der Waals surface area contributed by atoms with Crippen LogP contribution in [0.15, 0.2) is 48.5 Å². The van der Waals surface area contributed by atoms with Gasteiger partial charge in [0.25, 0.3) is 0 Å². The number of unbranched alkanes of at least 4 members (excludes halogenated alkanes) is 3. The van der Waals surface area contributed by atoms with E-state index in [0.29, 0.717) is 29.3 Å². The fourth-order valence-electron chi connectivity index (χ4n) is 3.66. The standard InChI is InChI=1S/C23H26Cl2O3/c1-17(26)23(18-10-5-4-6-11-18,15-8-3-2-7-14-22(27)28)16-19-20(24)12-9-13-21(19)25/h4-6,9-13H,2-3,7-8,14-16H2,1H3,(H,27,28). The molecule has 0 fully saturated rings. The van der Waals surface area contributed by atoms with Gasteiger partial charge in [-0.15, -0.1) is 0 Å². The third-order valence-corrected chi connectivity index (χ3v) is 5.99. The number of rotatable bonds is 11. The van der Waals surface area contributed by atoms with Gasteiger partial charge >= 0.3 is 5.97 Å². The lowest BCUT2D eigenvalue weighted by Gasteiger charge is -2.33. The van der Waals surface area contributed by atoms with Crippen molar-refractivity contribution in [1.82, 2.24) is 0 Å². The molecule has 0 aromatic heterocycles. The minimum absolute atomic E-state index is 0.0835. The van der Waals surface area contributed by atoms with Crippen LogP contribution in [0.5, 0.6) is 0 Å². The third kappa shape index (κ3) is 5.83. The number of benzene rings is 2. The van der Waals surface area contributed by atoms with Gasteiger partial charge in [0, 0.05) is 16.5 Å². The number of carbonyl (C=O) groups excluding carboxylic acids is 1. The van der Waals surface area contributed by atoms with Crippen LogP contribution in [0.25, 0.3) is 0 Å². The minimum atomic E-state index is -0.768. The molecule has 5 heteroatoms. The number of hydrogen-bond donors (Lipinski definition) is 1. The summed E-state index contributed by atoms with van der Waals surface area (Å²) in [6, 6.07) is 15.2. The fourth-order valence-corrected chi connectivity index (χ4v) is 4.19. The molecule has 1 unspecified atom stereocenters. The van der Waals surface area contributed by atoms with Gasteiger partial charge in [-0.1, -0.05) is 78.9 Å². The number of halogens is 2. The van der Waals surface area contributed by atoms with Crippen LogP contribution in [-0.2, 0) is 21.4 Å². The predicted octanol–water partition coefficient (Wildman–Crippen LogP) is 6.49. The highest BCUT2D eigenvalue weighted by Crippen LogP contribution is 2.39. The first-order chi connectivity index (χ1) is 13.4. The van der Waals surface area contributed by atoms with E-state index in [1.54, 1.807) is 25.1 Å². The summed E-state index contributed by atoms with van der Waals surface area (Å²) in [5.41, 5.74) is 1.04. The summed E-state index contributed by atoms with van der Waals surface area (Å²) in [5.74, 6) is -0.684. The Hall–Kier alpha value is -1.84. The molecule has 0 amide bonds. The molecule has 0 bridgehead atoms. The van der Waals surface area contributed by atoms with Gasteiger partial charge in [0.15, 0.2) is 0 Å². The van der Waals surface area contributed by atoms with Gasteiger partial charge in [0.1, 0.15) is 5.78 Å². The maximum atomic E-state index is 12.9. The summed E-state index contributed by atoms with van der Waals surface area (Å²) in [6.07, 6.45) is 4.50. The second-order valence-electron chi connectivity index (χ2n) is 7.19. The number of carboxylic acid groups (broad SMARTS) is 1. The van der Waals surface area contributed by atoms with Crippen molar-refractivity contribution in [2.24, 2.45) is 0 Å². The SMILES string of the molecule is CC(=O)C(CCCCCCC(=O)O)(Cc1c(Cl)cccc1Cl)c1ccccc1. The van der Waals surface area contributed by atoms with E-state index in [0.717, 1.165) is 30.4 Å². The van der Waals surface area contributed by atoms with Gasteiger partial charge in [-0.25, -0.2) is 0 Å². The third-order valence-electron chi connectivity index (χ3n) is 5.28. The Morgan fingerprint density at radius 1 is 0.893 bits per heavy atom. The van der Waals surface area contributed by atoms with Gasteiger partial charge in [-0.3, -0.25) is 9.59 Å². The Balaban J connectivity index is 2.27. The summed E-state index contributed by atoms with van der Waals surface area (Å²) in [7, 11) is 0. The summed E-state index contributed by atoms with van der Waals surface area (Å²) in [5, 5.41) is 9.90. The quantitative estimate of drug-likeness (QED) is 0.422. The van der Waals surface area contributed by atoms with Crippen molar-refractivity contribution in [1.29, 1.82) is 0 Å². The van der Waals surface area contributed by atoms with Crippen molar-refractivity contribution in [3.05, 3.63) is 69.7 Å². The highest BCUT2D eigenvalue weighted by atomic mass is 35.5. The van der Waals surface area contributed by atoms with E-state index in [4.69, 9.17) is 28.3 Å². The highest BCUT2D eigenvalue weighted by Gasteiger charge is 2.38. The zero-order valence-electron chi connectivity index (χ0n) is 16.1. The Morgan fingerprint density at radius 3 is 2.07 bits per heavy atom. The van der Waals surface area contributed by atoms with E-state index in [9.17, 15) is 9.59 Å². The second-order valence-corrected chi connectivity index (χ2v) is 8.00. The smallest absolute Gasteiger partial charge is 0.303 e. The molecule has 0 saturated carbocycles. The molecule has 1 atom stereocenters. The summed E-state index contributed by atoms with van der Waals surface area (Å²) >= 11 is 12.8. The van der Waals surface area contributed by atoms with Crippen molar-refractivity contribution in [2.45, 2.75) is 57.3 Å². The topological polar surface area (TPSA) is 54.4 Å². The van der Waals surface area contributed by atoms with Crippen molar-refractivity contribution in [2.75, 3.05) is 0 Å². The zero-order chi connectivity index (χ0) is 20.6. The minimum Gasteiger partial charge on any atom is -0.481 e. The van der Waals surface area contributed by atoms with Crippen LogP contribution in [0, 0.1) is 0 Å². The number of carbonyl (C=O) groups is 2. The molecule has 0 spiro atoms. The van der Waals surface area contributed by atoms with Crippen molar-refractivity contribution < 1.29 is 14.7 Å². The lowest BCUT2D eigenvalue weighted by molar-refractivity contribution is -0.137. The molecule has 2 aromatic carbocycles. The van der Waals surface area contributed by atoms with Gasteiger partial charge in [0.2, 0.25) is 0 Å². The van der Waals surface area contributed by atoms with Crippen LogP contribution in [0.1, 0.15) is 56.6 Å². The van der Waals surface area contributed by atoms with E-state index in [1.165, 1.54) is 0 Å². The Morgan fingerprint density at radius 2 is 1.50 bits per heavy atom. The van der Waals surface area contributed by atoms with E-state index < -0.39 is 11.4 Å². The molecule has 2 aromatic rings. The van der Waals surface area contributed by atoms with E-state index in [2.05, 4.69) is 0 Å². The average molecular weight is 421 g/mol. The first kappa shape index (κ1) is 22.4. The first-order valence-corrected chi connectivity index (χ1v) is 10.3. The van der Waals surface area contributed by atoms with Gasteiger partial charge in [-0.2, -0.15) is 0 Å². The van der Waals surface area contributed by atoms with Crippen molar-refractivity contribution >= 4 is 35.0 Å². The lowest BCUT2D eigenvalue weighted by Crippen LogP contribution is -2.37. The fraction of sp³-hybridized carbons (Fsp3) is 0.391. The first-order valence-electron chi connectivity index (χ1n) is 9.58. The highest BCUT2D eigenvalue weighted by molar-refractivity contribution is 6.36. The molecule has 0 saturated heterocycles. The molecule has 0 heterocycles. The monoisotopic (exact) mass is 420 g/mol. The number of carboxylic acids is 1. The largest absolute Gasteiger partial charge is 0.481 e.